The maximum Gasteiger partial charge on any atom is 0.250 e. The molecule has 3 aliphatic rings. The van der Waals surface area contributed by atoms with Crippen molar-refractivity contribution in [2.24, 2.45) is 5.92 Å². The number of amides is 1. The van der Waals surface area contributed by atoms with Gasteiger partial charge in [-0.05, 0) is 54.8 Å². The number of Topliss-reactive ketones (excluding diaryl/α,β-unsaturated/α-hetero) is 1. The molecule has 0 bridgehead atoms. The van der Waals surface area contributed by atoms with Gasteiger partial charge in [-0.1, -0.05) is 60.7 Å². The Morgan fingerprint density at radius 2 is 1.73 bits per heavy atom. The van der Waals surface area contributed by atoms with Crippen molar-refractivity contribution >= 4 is 17.4 Å². The Morgan fingerprint density at radius 1 is 0.976 bits per heavy atom. The number of fused-ring (bicyclic) bond motifs is 4. The number of nitrogens with zero attached hydrogens (tertiary/aromatic N) is 1. The maximum absolute atomic E-state index is 14.8. The second-order valence-corrected chi connectivity index (χ2v) is 11.0. The smallest absolute Gasteiger partial charge is 0.250 e. The molecule has 1 amide bonds. The molecule has 2 fully saturated rings. The van der Waals surface area contributed by atoms with Gasteiger partial charge in [0.25, 0.3) is 0 Å². The number of ether oxygens (including phenoxy) is 1. The minimum Gasteiger partial charge on any atom is -0.496 e. The highest BCUT2D eigenvalue weighted by molar-refractivity contribution is 6.12. The summed E-state index contributed by atoms with van der Waals surface area (Å²) in [6, 6.07) is 25.5. The third-order valence-electron chi connectivity index (χ3n) is 9.10. The second-order valence-electron chi connectivity index (χ2n) is 11.0. The number of ketones is 1. The van der Waals surface area contributed by atoms with E-state index < -0.39 is 23.1 Å². The molecule has 3 heterocycles. The van der Waals surface area contributed by atoms with E-state index in [0.717, 1.165) is 35.7 Å². The molecule has 4 atom stereocenters. The molecule has 1 spiro atoms. The minimum atomic E-state index is -1.18. The van der Waals surface area contributed by atoms with Gasteiger partial charge >= 0.3 is 0 Å². The lowest BCUT2D eigenvalue weighted by Gasteiger charge is -2.37. The summed E-state index contributed by atoms with van der Waals surface area (Å²) < 4.78 is 33.8. The Balaban J connectivity index is 1.40. The Morgan fingerprint density at radius 3 is 2.51 bits per heavy atom. The average Bonchev–Trinajstić information content (AvgIpc) is 3.65. The fourth-order valence-corrected chi connectivity index (χ4v) is 7.52. The van der Waals surface area contributed by atoms with Crippen LogP contribution in [-0.4, -0.2) is 36.3 Å². The van der Waals surface area contributed by atoms with E-state index in [1.54, 1.807) is 31.4 Å². The zero-order chi connectivity index (χ0) is 28.3. The van der Waals surface area contributed by atoms with Gasteiger partial charge in [0.05, 0.1) is 13.0 Å². The first-order chi connectivity index (χ1) is 19.9. The highest BCUT2D eigenvalue weighted by atomic mass is 19.1. The molecule has 1 N–H and O–H groups in total. The largest absolute Gasteiger partial charge is 0.496 e. The fourth-order valence-electron chi connectivity index (χ4n) is 7.52. The molecule has 5 nitrogen and oxygen atoms in total. The summed E-state index contributed by atoms with van der Waals surface area (Å²) in [5, 5.41) is 3.08. The number of nitrogens with one attached hydrogen (secondary N) is 1. The predicted octanol–water partition coefficient (Wildman–Crippen LogP) is 6.55. The second kappa shape index (κ2) is 9.63. The molecular formula is C34H28F2N2O3. The maximum atomic E-state index is 14.8. The van der Waals surface area contributed by atoms with Crippen molar-refractivity contribution in [2.45, 2.75) is 30.3 Å². The molecule has 7 rings (SSSR count). The predicted molar refractivity (Wildman–Crippen MR) is 152 cm³/mol. The van der Waals surface area contributed by atoms with Crippen molar-refractivity contribution in [1.82, 2.24) is 4.90 Å². The van der Waals surface area contributed by atoms with Gasteiger partial charge in [-0.3, -0.25) is 14.5 Å². The number of hydrogen-bond donors (Lipinski definition) is 1. The Kier molecular flexibility index (Phi) is 6.01. The van der Waals surface area contributed by atoms with Crippen LogP contribution in [0.25, 0.3) is 11.1 Å². The molecule has 4 aromatic rings. The normalized spacial score (nSPS) is 24.8. The summed E-state index contributed by atoms with van der Waals surface area (Å²) in [4.78, 5) is 31.2. The van der Waals surface area contributed by atoms with Crippen LogP contribution < -0.4 is 10.1 Å². The molecule has 0 aliphatic carbocycles. The molecule has 4 unspecified atom stereocenters. The van der Waals surface area contributed by atoms with Crippen molar-refractivity contribution in [3.8, 4) is 16.9 Å². The van der Waals surface area contributed by atoms with E-state index in [1.807, 2.05) is 48.5 Å². The van der Waals surface area contributed by atoms with Crippen molar-refractivity contribution in [1.29, 1.82) is 0 Å². The van der Waals surface area contributed by atoms with Crippen LogP contribution in [0.3, 0.4) is 0 Å². The number of benzene rings is 4. The average molecular weight is 551 g/mol. The summed E-state index contributed by atoms with van der Waals surface area (Å²) in [5.41, 5.74) is 2.48. The summed E-state index contributed by atoms with van der Waals surface area (Å²) in [6.07, 6.45) is 1.78. The first-order valence-corrected chi connectivity index (χ1v) is 13.9. The first kappa shape index (κ1) is 25.6. The summed E-state index contributed by atoms with van der Waals surface area (Å²) >= 11 is 0. The lowest BCUT2D eigenvalue weighted by Crippen LogP contribution is -2.52. The van der Waals surface area contributed by atoms with Crippen LogP contribution in [0.2, 0.25) is 0 Å². The van der Waals surface area contributed by atoms with Crippen molar-refractivity contribution < 1.29 is 23.1 Å². The highest BCUT2D eigenvalue weighted by Gasteiger charge is 2.69. The van der Waals surface area contributed by atoms with Gasteiger partial charge in [-0.15, -0.1) is 0 Å². The molecule has 0 saturated carbocycles. The number of carbonyl (C=O) groups excluding carboxylic acids is 2. The monoisotopic (exact) mass is 550 g/mol. The molecule has 0 radical (unpaired) electrons. The molecule has 3 aliphatic heterocycles. The van der Waals surface area contributed by atoms with Crippen molar-refractivity contribution in [2.75, 3.05) is 19.0 Å². The molecule has 7 heteroatoms. The number of halogens is 2. The SMILES string of the molecule is COc1ccccc1C1C2CCCN2C2(C(=O)Nc3ccccc32)C1C(=O)c1ccc(-c2ccc(F)cc2F)cc1. The van der Waals surface area contributed by atoms with Crippen molar-refractivity contribution in [3.63, 3.8) is 0 Å². The van der Waals surface area contributed by atoms with E-state index >= 15 is 0 Å². The standard InChI is InChI=1S/C34H28F2N2O3/c1-41-29-11-5-2-7-24(29)30-28-10-6-18-38(28)34(25-8-3-4-9-27(25)37-33(34)40)31(30)32(39)21-14-12-20(13-15-21)23-17-16-22(35)19-26(23)36/h2-5,7-9,11-17,19,28,30-31H,6,10,18H2,1H3,(H,37,40). The van der Waals surface area contributed by atoms with Gasteiger partial charge in [0.1, 0.15) is 22.9 Å². The molecular weight excluding hydrogens is 522 g/mol. The third kappa shape index (κ3) is 3.68. The third-order valence-corrected chi connectivity index (χ3v) is 9.10. The topological polar surface area (TPSA) is 58.6 Å². The number of para-hydroxylation sites is 2. The van der Waals surface area contributed by atoms with Gasteiger partial charge < -0.3 is 10.1 Å². The van der Waals surface area contributed by atoms with Gasteiger partial charge in [-0.25, -0.2) is 8.78 Å². The number of methoxy groups -OCH3 is 1. The van der Waals surface area contributed by atoms with Gasteiger partial charge in [0.15, 0.2) is 5.78 Å². The van der Waals surface area contributed by atoms with Crippen LogP contribution in [0.15, 0.2) is 91.0 Å². The number of hydrogen-bond acceptors (Lipinski definition) is 4. The fraction of sp³-hybridized carbons (Fsp3) is 0.235. The van der Waals surface area contributed by atoms with Gasteiger partial charge in [-0.2, -0.15) is 0 Å². The molecule has 2 saturated heterocycles. The molecule has 41 heavy (non-hydrogen) atoms. The number of anilines is 1. The van der Waals surface area contributed by atoms with Crippen molar-refractivity contribution in [3.05, 3.63) is 119 Å². The zero-order valence-electron chi connectivity index (χ0n) is 22.4. The Hall–Kier alpha value is -4.36. The van der Waals surface area contributed by atoms with Crippen LogP contribution in [0.4, 0.5) is 14.5 Å². The first-order valence-electron chi connectivity index (χ1n) is 13.9. The summed E-state index contributed by atoms with van der Waals surface area (Å²) in [7, 11) is 1.62. The lowest BCUT2D eigenvalue weighted by atomic mass is 9.68. The van der Waals surface area contributed by atoms with Crippen LogP contribution >= 0.6 is 0 Å². The van der Waals surface area contributed by atoms with E-state index in [1.165, 1.54) is 12.1 Å². The highest BCUT2D eigenvalue weighted by Crippen LogP contribution is 2.61. The molecule has 4 aromatic carbocycles. The lowest BCUT2D eigenvalue weighted by molar-refractivity contribution is -0.127. The van der Waals surface area contributed by atoms with Crippen LogP contribution in [-0.2, 0) is 10.3 Å². The van der Waals surface area contributed by atoms with E-state index in [9.17, 15) is 18.4 Å². The molecule has 0 aromatic heterocycles. The van der Waals surface area contributed by atoms with Gasteiger partial charge in [0.2, 0.25) is 5.91 Å². The zero-order valence-corrected chi connectivity index (χ0v) is 22.4. The van der Waals surface area contributed by atoms with Gasteiger partial charge in [0, 0.05) is 40.4 Å². The Bertz CT molecular complexity index is 1690. The summed E-state index contributed by atoms with van der Waals surface area (Å²) in [6.45, 7) is 0.699. The number of carbonyl (C=O) groups is 2. The number of rotatable bonds is 5. The molecule has 206 valence electrons. The minimum absolute atomic E-state index is 0.0373. The van der Waals surface area contributed by atoms with E-state index in [-0.39, 0.29) is 29.2 Å². The Labute approximate surface area is 236 Å². The van der Waals surface area contributed by atoms with Crippen LogP contribution in [0.5, 0.6) is 5.75 Å². The van der Waals surface area contributed by atoms with Crippen LogP contribution in [0.1, 0.15) is 40.2 Å². The van der Waals surface area contributed by atoms with E-state index in [4.69, 9.17) is 4.74 Å². The van der Waals surface area contributed by atoms with E-state index in [0.29, 0.717) is 23.4 Å². The van der Waals surface area contributed by atoms with Crippen LogP contribution in [0, 0.1) is 17.6 Å². The summed E-state index contributed by atoms with van der Waals surface area (Å²) in [5.74, 6) is -2.02. The van der Waals surface area contributed by atoms with E-state index in [2.05, 4.69) is 10.2 Å². The quantitative estimate of drug-likeness (QED) is 0.287.